The molecule has 1 heterocycles. The Balaban J connectivity index is 2.39. The minimum Gasteiger partial charge on any atom is -0.392 e. The molecule has 0 radical (unpaired) electrons. The van der Waals surface area contributed by atoms with E-state index in [-0.39, 0.29) is 11.5 Å². The number of likely N-dealkylation sites (tertiary alicyclic amines) is 1. The number of thiol groups is 1. The Kier molecular flexibility index (Phi) is 4.48. The fourth-order valence-corrected chi connectivity index (χ4v) is 2.06. The zero-order valence-electron chi connectivity index (χ0n) is 9.11. The fourth-order valence-electron chi connectivity index (χ4n) is 1.91. The summed E-state index contributed by atoms with van der Waals surface area (Å²) in [6.45, 7) is 7.22. The Morgan fingerprint density at radius 3 is 2.79 bits per heavy atom. The minimum absolute atomic E-state index is 0.0348. The highest BCUT2D eigenvalue weighted by Gasteiger charge is 2.33. The lowest BCUT2D eigenvalue weighted by Crippen LogP contribution is -2.48. The molecule has 0 spiro atoms. The van der Waals surface area contributed by atoms with Gasteiger partial charge in [-0.05, 0) is 6.42 Å². The first-order chi connectivity index (χ1) is 6.56. The van der Waals surface area contributed by atoms with Gasteiger partial charge < -0.3 is 5.11 Å². The summed E-state index contributed by atoms with van der Waals surface area (Å²) < 4.78 is 0. The molecule has 2 nitrogen and oxygen atoms in total. The molecule has 14 heavy (non-hydrogen) atoms. The van der Waals surface area contributed by atoms with E-state index >= 15 is 0 Å². The molecule has 0 aromatic rings. The van der Waals surface area contributed by atoms with Gasteiger partial charge in [-0.3, -0.25) is 4.90 Å². The molecule has 1 aliphatic heterocycles. The summed E-state index contributed by atoms with van der Waals surface area (Å²) >= 11 is 4.12. The molecule has 1 unspecified atom stereocenters. The van der Waals surface area contributed by atoms with Crippen LogP contribution in [0.5, 0.6) is 0 Å². The van der Waals surface area contributed by atoms with Crippen LogP contribution in [0.25, 0.3) is 0 Å². The van der Waals surface area contributed by atoms with Crippen molar-refractivity contribution >= 4 is 12.6 Å². The second-order valence-electron chi connectivity index (χ2n) is 4.68. The van der Waals surface area contributed by atoms with Gasteiger partial charge in [0.1, 0.15) is 0 Å². The molecular weight excluding hydrogens is 194 g/mol. The highest BCUT2D eigenvalue weighted by atomic mass is 32.1. The lowest BCUT2D eigenvalue weighted by atomic mass is 9.81. The van der Waals surface area contributed by atoms with Crippen LogP contribution in [-0.2, 0) is 0 Å². The first-order valence-electron chi connectivity index (χ1n) is 5.22. The molecule has 0 amide bonds. The van der Waals surface area contributed by atoms with Crippen molar-refractivity contribution < 1.29 is 5.11 Å². The smallest absolute Gasteiger partial charge is 0.0615 e. The van der Waals surface area contributed by atoms with Crippen LogP contribution in [0, 0.1) is 5.41 Å². The second kappa shape index (κ2) is 5.19. The molecule has 0 saturated carbocycles. The average molecular weight is 215 g/mol. The van der Waals surface area contributed by atoms with Gasteiger partial charge in [0.05, 0.1) is 6.10 Å². The molecule has 0 aromatic carbocycles. The Morgan fingerprint density at radius 2 is 2.21 bits per heavy atom. The maximum absolute atomic E-state index is 9.77. The van der Waals surface area contributed by atoms with Crippen LogP contribution in [-0.4, -0.2) is 41.5 Å². The maximum atomic E-state index is 9.77. The van der Waals surface area contributed by atoms with Gasteiger partial charge in [-0.25, -0.2) is 0 Å². The number of hydrogen-bond donors (Lipinski definition) is 2. The molecule has 0 bridgehead atoms. The Labute approximate surface area is 92.4 Å². The van der Waals surface area contributed by atoms with Crippen molar-refractivity contribution in [1.29, 1.82) is 0 Å². The predicted octanol–water partition coefficient (Wildman–Crippen LogP) is 1.57. The van der Waals surface area contributed by atoms with E-state index in [0.29, 0.717) is 0 Å². The normalized spacial score (nSPS) is 28.4. The van der Waals surface area contributed by atoms with Crippen molar-refractivity contribution in [2.24, 2.45) is 5.41 Å². The predicted molar refractivity (Wildman–Crippen MR) is 63.8 cm³/mol. The molecule has 1 atom stereocenters. The van der Waals surface area contributed by atoms with Crippen LogP contribution in [0.15, 0.2) is 12.2 Å². The number of hydrogen-bond acceptors (Lipinski definition) is 3. The van der Waals surface area contributed by atoms with E-state index in [2.05, 4.69) is 43.5 Å². The summed E-state index contributed by atoms with van der Waals surface area (Å²) in [6, 6.07) is 0. The van der Waals surface area contributed by atoms with Gasteiger partial charge in [-0.1, -0.05) is 26.0 Å². The van der Waals surface area contributed by atoms with Gasteiger partial charge in [0.25, 0.3) is 0 Å². The van der Waals surface area contributed by atoms with Crippen LogP contribution in [0.3, 0.4) is 0 Å². The Morgan fingerprint density at radius 1 is 1.50 bits per heavy atom. The van der Waals surface area contributed by atoms with Crippen molar-refractivity contribution in [3.05, 3.63) is 12.2 Å². The SMILES string of the molecule is CC1(C)CN(C/C=C/CS)CCC1O. The quantitative estimate of drug-likeness (QED) is 0.551. The summed E-state index contributed by atoms with van der Waals surface area (Å²) in [7, 11) is 0. The van der Waals surface area contributed by atoms with Gasteiger partial charge in [0, 0.05) is 30.8 Å². The second-order valence-corrected chi connectivity index (χ2v) is 5.05. The number of rotatable bonds is 3. The Hall–Kier alpha value is 0.01000. The van der Waals surface area contributed by atoms with E-state index < -0.39 is 0 Å². The molecule has 3 heteroatoms. The van der Waals surface area contributed by atoms with Crippen molar-refractivity contribution in [2.75, 3.05) is 25.4 Å². The molecule has 1 N–H and O–H groups in total. The third-order valence-corrected chi connectivity index (χ3v) is 3.10. The molecular formula is C11H21NOS. The van der Waals surface area contributed by atoms with Gasteiger partial charge in [0.2, 0.25) is 0 Å². The lowest BCUT2D eigenvalue weighted by Gasteiger charge is -2.41. The van der Waals surface area contributed by atoms with Gasteiger partial charge in [-0.2, -0.15) is 12.6 Å². The molecule has 1 fully saturated rings. The van der Waals surface area contributed by atoms with Crippen LogP contribution in [0.4, 0.5) is 0 Å². The highest BCUT2D eigenvalue weighted by Crippen LogP contribution is 2.28. The Bertz CT molecular complexity index is 203. The monoisotopic (exact) mass is 215 g/mol. The zero-order chi connectivity index (χ0) is 10.6. The standard InChI is InChI=1S/C11H21NOS/c1-11(2)9-12(6-3-4-8-14)7-5-10(11)13/h3-4,10,13-14H,5-9H2,1-2H3/b4-3+. The van der Waals surface area contributed by atoms with E-state index in [1.54, 1.807) is 0 Å². The fraction of sp³-hybridized carbons (Fsp3) is 0.818. The average Bonchev–Trinajstić information content (AvgIpc) is 2.11. The topological polar surface area (TPSA) is 23.5 Å². The molecule has 1 saturated heterocycles. The van der Waals surface area contributed by atoms with E-state index in [4.69, 9.17) is 0 Å². The lowest BCUT2D eigenvalue weighted by molar-refractivity contribution is -0.0207. The molecule has 1 rings (SSSR count). The number of aliphatic hydroxyl groups is 1. The van der Waals surface area contributed by atoms with E-state index in [1.807, 2.05) is 0 Å². The van der Waals surface area contributed by atoms with E-state index in [9.17, 15) is 5.11 Å². The summed E-state index contributed by atoms with van der Waals surface area (Å²) in [5.41, 5.74) is 0.0348. The van der Waals surface area contributed by atoms with Crippen molar-refractivity contribution in [3.8, 4) is 0 Å². The summed E-state index contributed by atoms with van der Waals surface area (Å²) in [5.74, 6) is 0.805. The number of piperidine rings is 1. The summed E-state index contributed by atoms with van der Waals surface area (Å²) in [4.78, 5) is 2.38. The zero-order valence-corrected chi connectivity index (χ0v) is 10.0. The summed E-state index contributed by atoms with van der Waals surface area (Å²) in [6.07, 6.45) is 4.97. The largest absolute Gasteiger partial charge is 0.392 e. The van der Waals surface area contributed by atoms with E-state index in [0.717, 1.165) is 31.8 Å². The highest BCUT2D eigenvalue weighted by molar-refractivity contribution is 7.80. The van der Waals surface area contributed by atoms with Crippen LogP contribution >= 0.6 is 12.6 Å². The minimum atomic E-state index is -0.146. The third-order valence-electron chi connectivity index (χ3n) is 2.89. The summed E-state index contributed by atoms with van der Waals surface area (Å²) in [5, 5.41) is 9.77. The molecule has 82 valence electrons. The van der Waals surface area contributed by atoms with Crippen LogP contribution in [0.1, 0.15) is 20.3 Å². The van der Waals surface area contributed by atoms with Gasteiger partial charge in [0.15, 0.2) is 0 Å². The first kappa shape index (κ1) is 12.1. The number of aliphatic hydroxyl groups excluding tert-OH is 1. The molecule has 0 aliphatic carbocycles. The van der Waals surface area contributed by atoms with E-state index in [1.165, 1.54) is 0 Å². The maximum Gasteiger partial charge on any atom is 0.0615 e. The van der Waals surface area contributed by atoms with Crippen molar-refractivity contribution in [1.82, 2.24) is 4.90 Å². The number of nitrogens with zero attached hydrogens (tertiary/aromatic N) is 1. The molecule has 1 aliphatic rings. The molecule has 0 aromatic heterocycles. The van der Waals surface area contributed by atoms with Crippen LogP contribution < -0.4 is 0 Å². The van der Waals surface area contributed by atoms with Gasteiger partial charge in [-0.15, -0.1) is 0 Å². The third kappa shape index (κ3) is 3.30. The van der Waals surface area contributed by atoms with Crippen molar-refractivity contribution in [2.45, 2.75) is 26.4 Å². The van der Waals surface area contributed by atoms with Crippen molar-refractivity contribution in [3.63, 3.8) is 0 Å². The first-order valence-corrected chi connectivity index (χ1v) is 5.86. The van der Waals surface area contributed by atoms with Gasteiger partial charge >= 0.3 is 0 Å². The van der Waals surface area contributed by atoms with Crippen LogP contribution in [0.2, 0.25) is 0 Å².